The zero-order chi connectivity index (χ0) is 27.1. The van der Waals surface area contributed by atoms with Crippen molar-refractivity contribution in [1.29, 1.82) is 0 Å². The van der Waals surface area contributed by atoms with Gasteiger partial charge in [0.25, 0.3) is 0 Å². The number of likely N-dealkylation sites (N-methyl/N-ethyl adjacent to an activating group) is 1. The second-order valence-corrected chi connectivity index (χ2v) is 13.7. The highest BCUT2D eigenvalue weighted by atomic mass is 35.5. The minimum absolute atomic E-state index is 0.172. The van der Waals surface area contributed by atoms with Gasteiger partial charge in [0.15, 0.2) is 0 Å². The molecular formula is C31H44ClN3O2S. The Balaban J connectivity index is 1.29. The molecule has 2 aliphatic rings. The number of amides is 1. The van der Waals surface area contributed by atoms with Crippen molar-refractivity contribution in [3.63, 3.8) is 0 Å². The third-order valence-corrected chi connectivity index (χ3v) is 11.0. The van der Waals surface area contributed by atoms with E-state index in [0.717, 1.165) is 75.9 Å². The summed E-state index contributed by atoms with van der Waals surface area (Å²) < 4.78 is 16.1. The van der Waals surface area contributed by atoms with Crippen molar-refractivity contribution in [1.82, 2.24) is 14.1 Å². The summed E-state index contributed by atoms with van der Waals surface area (Å²) >= 11 is 6.07. The van der Waals surface area contributed by atoms with Crippen LogP contribution in [-0.2, 0) is 20.9 Å². The fraction of sp³-hybridized carbons (Fsp3) is 0.548. The van der Waals surface area contributed by atoms with Crippen LogP contribution >= 0.6 is 11.6 Å². The third-order valence-electron chi connectivity index (χ3n) is 8.37. The van der Waals surface area contributed by atoms with Crippen LogP contribution < -0.4 is 0 Å². The van der Waals surface area contributed by atoms with Crippen LogP contribution in [0.1, 0.15) is 63.9 Å². The molecule has 0 spiro atoms. The fourth-order valence-electron chi connectivity index (χ4n) is 6.16. The first kappa shape index (κ1) is 29.1. The van der Waals surface area contributed by atoms with Crippen LogP contribution in [0.15, 0.2) is 59.5 Å². The Morgan fingerprint density at radius 2 is 1.82 bits per heavy atom. The largest absolute Gasteiger partial charge is 0.341 e. The molecule has 0 N–H and O–H groups in total. The monoisotopic (exact) mass is 557 g/mol. The maximum atomic E-state index is 14.0. The van der Waals surface area contributed by atoms with Crippen molar-refractivity contribution in [3.8, 4) is 0 Å². The predicted molar refractivity (Wildman–Crippen MR) is 160 cm³/mol. The van der Waals surface area contributed by atoms with Crippen molar-refractivity contribution >= 4 is 33.1 Å². The van der Waals surface area contributed by atoms with Gasteiger partial charge < -0.3 is 9.80 Å². The van der Waals surface area contributed by atoms with Crippen LogP contribution in [0.2, 0.25) is 5.02 Å². The second kappa shape index (κ2) is 13.5. The van der Waals surface area contributed by atoms with Crippen LogP contribution in [0.25, 0.3) is 0 Å². The fourth-order valence-corrected chi connectivity index (χ4v) is 8.47. The van der Waals surface area contributed by atoms with Gasteiger partial charge in [-0.1, -0.05) is 48.4 Å². The number of likely N-dealkylation sites (tertiary alicyclic amines) is 1. The summed E-state index contributed by atoms with van der Waals surface area (Å²) in [5.74, 6) is 4.46. The van der Waals surface area contributed by atoms with Crippen LogP contribution in [0.5, 0.6) is 0 Å². The van der Waals surface area contributed by atoms with E-state index in [1.165, 1.54) is 5.56 Å². The number of halogens is 1. The lowest BCUT2D eigenvalue weighted by atomic mass is 9.95. The van der Waals surface area contributed by atoms with Gasteiger partial charge in [0.05, 0.1) is 9.71 Å². The molecule has 2 heterocycles. The highest BCUT2D eigenvalue weighted by Gasteiger charge is 2.34. The van der Waals surface area contributed by atoms with E-state index in [1.54, 1.807) is 12.1 Å². The molecule has 0 aliphatic carbocycles. The summed E-state index contributed by atoms with van der Waals surface area (Å²) in [5, 5.41) is 0.632. The van der Waals surface area contributed by atoms with Gasteiger partial charge in [-0.3, -0.25) is 4.79 Å². The van der Waals surface area contributed by atoms with Gasteiger partial charge in [0, 0.05) is 54.1 Å². The first-order chi connectivity index (χ1) is 18.3. The maximum absolute atomic E-state index is 14.0. The molecule has 1 amide bonds. The first-order valence-electron chi connectivity index (χ1n) is 14.2. The second-order valence-electron chi connectivity index (χ2n) is 11.1. The number of piperidine rings is 2. The van der Waals surface area contributed by atoms with Crippen LogP contribution in [-0.4, -0.2) is 74.9 Å². The normalized spacial score (nSPS) is 24.3. The standard InChI is InChI=1S/C31H44ClN3O2S/c1-25-10-7-13-28(35(25)38(3,37)30-19-17-27(32)18-20-30)14-8-16-31(36)34-22-9-15-29(24-34)33(2)23-21-26-11-5-4-6-12-26/h4-6,11-12,17-20,25,28-29H,3,7-10,13-16,21-24H2,1-2H3/t25-,28-,29?,38?/m1/s1. The molecule has 0 aromatic heterocycles. The molecule has 2 fully saturated rings. The number of hydrogen-bond donors (Lipinski definition) is 0. The predicted octanol–water partition coefficient (Wildman–Crippen LogP) is 5.91. The lowest BCUT2D eigenvalue weighted by molar-refractivity contribution is -0.133. The highest BCUT2D eigenvalue weighted by Crippen LogP contribution is 2.32. The number of hydrogen-bond acceptors (Lipinski definition) is 3. The van der Waals surface area contributed by atoms with E-state index in [2.05, 4.69) is 64.3 Å². The Morgan fingerprint density at radius 1 is 1.08 bits per heavy atom. The zero-order valence-corrected chi connectivity index (χ0v) is 24.6. The van der Waals surface area contributed by atoms with Gasteiger partial charge in [0.2, 0.25) is 5.91 Å². The maximum Gasteiger partial charge on any atom is 0.222 e. The summed E-state index contributed by atoms with van der Waals surface area (Å²) in [4.78, 5) is 18.4. The van der Waals surface area contributed by atoms with E-state index >= 15 is 0 Å². The first-order valence-corrected chi connectivity index (χ1v) is 16.2. The van der Waals surface area contributed by atoms with Crippen LogP contribution in [0.4, 0.5) is 0 Å². The molecule has 2 aromatic rings. The van der Waals surface area contributed by atoms with Crippen LogP contribution in [0, 0.1) is 0 Å². The minimum Gasteiger partial charge on any atom is -0.341 e. The number of rotatable bonds is 10. The molecule has 2 unspecified atom stereocenters. The SMILES string of the molecule is C=S(=O)(c1ccc(Cl)cc1)N1[C@@H](CCCC(=O)N2CCCC(N(C)CCc3ccccc3)C2)CCC[C@H]1C. The summed E-state index contributed by atoms with van der Waals surface area (Å²) in [5.41, 5.74) is 1.36. The molecule has 2 aromatic carbocycles. The Kier molecular flexibility index (Phi) is 10.3. The number of carbonyl (C=O) groups excluding carboxylic acids is 1. The molecule has 4 atom stereocenters. The van der Waals surface area contributed by atoms with E-state index < -0.39 is 9.71 Å². The Morgan fingerprint density at radius 3 is 2.55 bits per heavy atom. The van der Waals surface area contributed by atoms with Gasteiger partial charge >= 0.3 is 0 Å². The van der Waals surface area contributed by atoms with E-state index in [0.29, 0.717) is 17.5 Å². The van der Waals surface area contributed by atoms with Crippen molar-refractivity contribution in [2.45, 2.75) is 87.7 Å². The molecule has 4 rings (SSSR count). The van der Waals surface area contributed by atoms with Gasteiger partial charge in [-0.2, -0.15) is 0 Å². The molecule has 0 bridgehead atoms. The number of carbonyl (C=O) groups is 1. The number of nitrogens with zero attached hydrogens (tertiary/aromatic N) is 3. The molecule has 0 saturated carbocycles. The molecule has 2 saturated heterocycles. The topological polar surface area (TPSA) is 43.9 Å². The van der Waals surface area contributed by atoms with Gasteiger partial charge in [-0.15, -0.1) is 0 Å². The molecular weight excluding hydrogens is 514 g/mol. The van der Waals surface area contributed by atoms with Crippen molar-refractivity contribution in [2.24, 2.45) is 0 Å². The molecule has 38 heavy (non-hydrogen) atoms. The van der Waals surface area contributed by atoms with E-state index in [9.17, 15) is 9.00 Å². The van der Waals surface area contributed by atoms with E-state index in [1.807, 2.05) is 12.1 Å². The van der Waals surface area contributed by atoms with Crippen molar-refractivity contribution < 1.29 is 9.00 Å². The summed E-state index contributed by atoms with van der Waals surface area (Å²) in [6, 6.07) is 18.6. The third kappa shape index (κ3) is 7.41. The van der Waals surface area contributed by atoms with Gasteiger partial charge in [-0.05, 0) is 94.6 Å². The minimum atomic E-state index is -2.62. The van der Waals surface area contributed by atoms with Crippen molar-refractivity contribution in [3.05, 3.63) is 65.2 Å². The lowest BCUT2D eigenvalue weighted by Gasteiger charge is -2.42. The average Bonchev–Trinajstić information content (AvgIpc) is 2.92. The Hall–Kier alpha value is -1.86. The average molecular weight is 558 g/mol. The zero-order valence-electron chi connectivity index (χ0n) is 23.1. The highest BCUT2D eigenvalue weighted by molar-refractivity contribution is 7.98. The van der Waals surface area contributed by atoms with Crippen molar-refractivity contribution in [2.75, 3.05) is 26.7 Å². The number of benzene rings is 2. The van der Waals surface area contributed by atoms with Gasteiger partial charge in [-0.25, -0.2) is 8.51 Å². The molecule has 208 valence electrons. The summed E-state index contributed by atoms with van der Waals surface area (Å²) in [7, 11) is -0.425. The quantitative estimate of drug-likeness (QED) is 0.341. The lowest BCUT2D eigenvalue weighted by Crippen LogP contribution is -2.49. The molecule has 2 aliphatic heterocycles. The van der Waals surface area contributed by atoms with Gasteiger partial charge in [0.1, 0.15) is 0 Å². The Bertz CT molecular complexity index is 1140. The molecule has 0 radical (unpaired) electrons. The molecule has 7 heteroatoms. The van der Waals surface area contributed by atoms with E-state index in [-0.39, 0.29) is 18.0 Å². The van der Waals surface area contributed by atoms with Crippen LogP contribution in [0.3, 0.4) is 0 Å². The van der Waals surface area contributed by atoms with E-state index in [4.69, 9.17) is 11.6 Å². The Labute approximate surface area is 235 Å². The smallest absolute Gasteiger partial charge is 0.222 e. The summed E-state index contributed by atoms with van der Waals surface area (Å²) in [6.45, 7) is 4.84. The summed E-state index contributed by atoms with van der Waals surface area (Å²) in [6.07, 6.45) is 8.60. The molecule has 5 nitrogen and oxygen atoms in total.